The predicted octanol–water partition coefficient (Wildman–Crippen LogP) is 3.26. The van der Waals surface area contributed by atoms with Crippen LogP contribution < -0.4 is 10.6 Å². The molecule has 1 heterocycles. The zero-order valence-corrected chi connectivity index (χ0v) is 13.8. The van der Waals surface area contributed by atoms with E-state index < -0.39 is 10.8 Å². The molecule has 3 rings (SSSR count). The number of amides is 1. The molecule has 25 heavy (non-hydrogen) atoms. The van der Waals surface area contributed by atoms with Crippen LogP contribution in [0.15, 0.2) is 42.5 Å². The van der Waals surface area contributed by atoms with Gasteiger partial charge in [0.05, 0.1) is 21.5 Å². The van der Waals surface area contributed by atoms with Gasteiger partial charge in [-0.15, -0.1) is 0 Å². The Bertz CT molecular complexity index is 964. The van der Waals surface area contributed by atoms with Crippen LogP contribution in [0.1, 0.15) is 17.3 Å². The molecule has 128 valence electrons. The first-order valence-electron chi connectivity index (χ1n) is 7.78. The smallest absolute Gasteiger partial charge is 0.270 e. The molecule has 0 bridgehead atoms. The molecule has 0 spiro atoms. The van der Waals surface area contributed by atoms with E-state index in [2.05, 4.69) is 15.6 Å². The summed E-state index contributed by atoms with van der Waals surface area (Å²) in [5.74, 6) is -0.0553. The van der Waals surface area contributed by atoms with E-state index in [4.69, 9.17) is 0 Å². The highest BCUT2D eigenvalue weighted by Crippen LogP contribution is 2.24. The van der Waals surface area contributed by atoms with E-state index in [0.29, 0.717) is 18.2 Å². The van der Waals surface area contributed by atoms with Gasteiger partial charge in [-0.25, -0.2) is 4.98 Å². The first-order valence-corrected chi connectivity index (χ1v) is 7.78. The standard InChI is InChI=1S/C17H17N5O3/c1-3-21-15-7-5-4-6-14(15)19-17(21)20-16(23)12-10-11(22(24)25)8-9-13(12)18-2/h4-10,18H,3H2,1-2H3,(H,19,20,23). The normalized spacial score (nSPS) is 10.6. The number of fused-ring (bicyclic) bond motifs is 1. The lowest BCUT2D eigenvalue weighted by atomic mass is 10.1. The molecule has 3 aromatic rings. The van der Waals surface area contributed by atoms with Crippen molar-refractivity contribution in [2.45, 2.75) is 13.5 Å². The highest BCUT2D eigenvalue weighted by molar-refractivity contribution is 6.08. The minimum atomic E-state index is -0.530. The van der Waals surface area contributed by atoms with Gasteiger partial charge in [-0.1, -0.05) is 12.1 Å². The Labute approximate surface area is 143 Å². The Morgan fingerprint density at radius 2 is 2.04 bits per heavy atom. The van der Waals surface area contributed by atoms with Crippen molar-refractivity contribution in [3.05, 3.63) is 58.1 Å². The van der Waals surface area contributed by atoms with Gasteiger partial charge in [0.15, 0.2) is 0 Å². The fraction of sp³-hybridized carbons (Fsp3) is 0.176. The molecule has 0 fully saturated rings. The number of non-ortho nitro benzene ring substituents is 1. The molecule has 0 saturated carbocycles. The summed E-state index contributed by atoms with van der Waals surface area (Å²) in [6.45, 7) is 2.58. The molecule has 1 amide bonds. The van der Waals surface area contributed by atoms with Gasteiger partial charge in [-0.2, -0.15) is 0 Å². The first kappa shape index (κ1) is 16.4. The van der Waals surface area contributed by atoms with Gasteiger partial charge < -0.3 is 9.88 Å². The van der Waals surface area contributed by atoms with Gasteiger partial charge in [-0.3, -0.25) is 20.2 Å². The summed E-state index contributed by atoms with van der Waals surface area (Å²) in [6.07, 6.45) is 0. The van der Waals surface area contributed by atoms with E-state index in [1.165, 1.54) is 18.2 Å². The molecule has 2 aromatic carbocycles. The lowest BCUT2D eigenvalue weighted by Crippen LogP contribution is -2.17. The molecule has 0 aliphatic carbocycles. The van der Waals surface area contributed by atoms with Crippen molar-refractivity contribution < 1.29 is 9.72 Å². The third-order valence-corrected chi connectivity index (χ3v) is 3.92. The Hall–Kier alpha value is -3.42. The van der Waals surface area contributed by atoms with Crippen LogP contribution in [0.25, 0.3) is 11.0 Å². The van der Waals surface area contributed by atoms with E-state index in [9.17, 15) is 14.9 Å². The Morgan fingerprint density at radius 1 is 1.28 bits per heavy atom. The molecular formula is C17H17N5O3. The number of anilines is 2. The first-order chi connectivity index (χ1) is 12.0. The maximum absolute atomic E-state index is 12.7. The highest BCUT2D eigenvalue weighted by atomic mass is 16.6. The Balaban J connectivity index is 2.00. The summed E-state index contributed by atoms with van der Waals surface area (Å²) in [7, 11) is 1.65. The van der Waals surface area contributed by atoms with Crippen LogP contribution in [0.2, 0.25) is 0 Å². The van der Waals surface area contributed by atoms with Gasteiger partial charge in [0.1, 0.15) is 0 Å². The van der Waals surface area contributed by atoms with Crippen molar-refractivity contribution in [2.75, 3.05) is 17.7 Å². The number of rotatable bonds is 5. The van der Waals surface area contributed by atoms with E-state index in [-0.39, 0.29) is 11.3 Å². The summed E-state index contributed by atoms with van der Waals surface area (Å²) in [5, 5.41) is 16.6. The largest absolute Gasteiger partial charge is 0.387 e. The molecule has 1 aromatic heterocycles. The highest BCUT2D eigenvalue weighted by Gasteiger charge is 2.19. The van der Waals surface area contributed by atoms with Gasteiger partial charge in [0, 0.05) is 31.4 Å². The number of nitro benzene ring substituents is 1. The number of para-hydroxylation sites is 2. The molecule has 8 heteroatoms. The SMILES string of the molecule is CCn1c(NC(=O)c2cc([N+](=O)[O-])ccc2NC)nc2ccccc21. The number of hydrogen-bond donors (Lipinski definition) is 2. The summed E-state index contributed by atoms with van der Waals surface area (Å²) in [4.78, 5) is 27.6. The summed E-state index contributed by atoms with van der Waals surface area (Å²) in [6, 6.07) is 11.7. The van der Waals surface area contributed by atoms with Crippen molar-refractivity contribution in [3.63, 3.8) is 0 Å². The van der Waals surface area contributed by atoms with Crippen molar-refractivity contribution in [1.82, 2.24) is 9.55 Å². The van der Waals surface area contributed by atoms with E-state index in [0.717, 1.165) is 11.0 Å². The molecule has 0 unspecified atom stereocenters. The average molecular weight is 339 g/mol. The number of aryl methyl sites for hydroxylation is 1. The number of nitrogens with one attached hydrogen (secondary N) is 2. The maximum atomic E-state index is 12.7. The van der Waals surface area contributed by atoms with E-state index >= 15 is 0 Å². The lowest BCUT2D eigenvalue weighted by Gasteiger charge is -2.10. The molecular weight excluding hydrogens is 322 g/mol. The number of carbonyl (C=O) groups is 1. The zero-order valence-electron chi connectivity index (χ0n) is 13.8. The molecule has 0 atom stereocenters. The molecule has 0 radical (unpaired) electrons. The number of nitrogens with zero attached hydrogens (tertiary/aromatic N) is 3. The van der Waals surface area contributed by atoms with Crippen molar-refractivity contribution in [2.24, 2.45) is 0 Å². The van der Waals surface area contributed by atoms with Crippen molar-refractivity contribution in [1.29, 1.82) is 0 Å². The van der Waals surface area contributed by atoms with E-state index in [1.54, 1.807) is 7.05 Å². The average Bonchev–Trinajstić information content (AvgIpc) is 2.97. The molecule has 8 nitrogen and oxygen atoms in total. The quantitative estimate of drug-likeness (QED) is 0.549. The summed E-state index contributed by atoms with van der Waals surface area (Å²) >= 11 is 0. The minimum absolute atomic E-state index is 0.145. The van der Waals surface area contributed by atoms with Gasteiger partial charge in [0.2, 0.25) is 5.95 Å². The fourth-order valence-corrected chi connectivity index (χ4v) is 2.71. The van der Waals surface area contributed by atoms with Crippen LogP contribution in [-0.4, -0.2) is 27.4 Å². The van der Waals surface area contributed by atoms with Crippen molar-refractivity contribution >= 4 is 34.3 Å². The number of imidazole rings is 1. The number of benzene rings is 2. The third kappa shape index (κ3) is 3.01. The number of carbonyl (C=O) groups excluding carboxylic acids is 1. The summed E-state index contributed by atoms with van der Waals surface area (Å²) in [5.41, 5.74) is 2.22. The summed E-state index contributed by atoms with van der Waals surface area (Å²) < 4.78 is 1.88. The maximum Gasteiger partial charge on any atom is 0.270 e. The monoisotopic (exact) mass is 339 g/mol. The second kappa shape index (κ2) is 6.60. The minimum Gasteiger partial charge on any atom is -0.387 e. The Kier molecular flexibility index (Phi) is 4.34. The third-order valence-electron chi connectivity index (χ3n) is 3.92. The lowest BCUT2D eigenvalue weighted by molar-refractivity contribution is -0.384. The van der Waals surface area contributed by atoms with Crippen LogP contribution >= 0.6 is 0 Å². The number of hydrogen-bond acceptors (Lipinski definition) is 5. The van der Waals surface area contributed by atoms with Crippen molar-refractivity contribution in [3.8, 4) is 0 Å². The molecule has 0 aliphatic rings. The molecule has 2 N–H and O–H groups in total. The van der Waals surface area contributed by atoms with Gasteiger partial charge in [-0.05, 0) is 25.1 Å². The second-order valence-electron chi connectivity index (χ2n) is 5.36. The molecule has 0 aliphatic heterocycles. The van der Waals surface area contributed by atoms with Gasteiger partial charge in [0.25, 0.3) is 11.6 Å². The number of nitro groups is 1. The van der Waals surface area contributed by atoms with Gasteiger partial charge >= 0.3 is 0 Å². The number of aromatic nitrogens is 2. The topological polar surface area (TPSA) is 102 Å². The van der Waals surface area contributed by atoms with Crippen LogP contribution in [0.4, 0.5) is 17.3 Å². The Morgan fingerprint density at radius 3 is 2.72 bits per heavy atom. The second-order valence-corrected chi connectivity index (χ2v) is 5.36. The van der Waals surface area contributed by atoms with Crippen LogP contribution in [0.3, 0.4) is 0 Å². The van der Waals surface area contributed by atoms with E-state index in [1.807, 2.05) is 35.8 Å². The predicted molar refractivity (Wildman–Crippen MR) is 96.0 cm³/mol. The van der Waals surface area contributed by atoms with Crippen LogP contribution in [0.5, 0.6) is 0 Å². The molecule has 0 saturated heterocycles. The fourth-order valence-electron chi connectivity index (χ4n) is 2.71. The zero-order chi connectivity index (χ0) is 18.0. The van der Waals surface area contributed by atoms with Crippen LogP contribution in [0, 0.1) is 10.1 Å². The van der Waals surface area contributed by atoms with Crippen LogP contribution in [-0.2, 0) is 6.54 Å².